The SMILES string of the molecule is Cc1cc2ccccc2n1-c1ccc(-c2ccc3ccc(-c4ccc(-n5c(C)nc6ccccc65)cc4)cc3c2)cc1. The number of benzene rings is 6. The van der Waals surface area contributed by atoms with Crippen molar-refractivity contribution < 1.29 is 0 Å². The van der Waals surface area contributed by atoms with Crippen LogP contribution in [0.25, 0.3) is 66.3 Å². The lowest BCUT2D eigenvalue weighted by Gasteiger charge is -2.11. The van der Waals surface area contributed by atoms with Gasteiger partial charge in [-0.15, -0.1) is 0 Å². The molecule has 3 heteroatoms. The number of para-hydroxylation sites is 3. The molecule has 0 fully saturated rings. The maximum absolute atomic E-state index is 4.73. The number of aromatic nitrogens is 3. The lowest BCUT2D eigenvalue weighted by Crippen LogP contribution is -1.96. The number of nitrogens with zero attached hydrogens (tertiary/aromatic N) is 3. The molecular weight excluding hydrogens is 510 g/mol. The van der Waals surface area contributed by atoms with Crippen LogP contribution in [0, 0.1) is 13.8 Å². The fourth-order valence-electron chi connectivity index (χ4n) is 6.32. The first-order valence-electron chi connectivity index (χ1n) is 14.4. The molecule has 0 atom stereocenters. The van der Waals surface area contributed by atoms with Crippen molar-refractivity contribution in [2.75, 3.05) is 0 Å². The minimum atomic E-state index is 0.993. The van der Waals surface area contributed by atoms with Gasteiger partial charge in [0.05, 0.1) is 16.6 Å². The van der Waals surface area contributed by atoms with Crippen LogP contribution in [0.2, 0.25) is 0 Å². The van der Waals surface area contributed by atoms with E-state index in [-0.39, 0.29) is 0 Å². The van der Waals surface area contributed by atoms with E-state index in [4.69, 9.17) is 4.98 Å². The van der Waals surface area contributed by atoms with Crippen LogP contribution in [0.5, 0.6) is 0 Å². The van der Waals surface area contributed by atoms with Gasteiger partial charge in [0, 0.05) is 22.5 Å². The zero-order valence-corrected chi connectivity index (χ0v) is 23.6. The molecule has 8 rings (SSSR count). The van der Waals surface area contributed by atoms with Crippen molar-refractivity contribution >= 4 is 32.7 Å². The van der Waals surface area contributed by atoms with Gasteiger partial charge in [-0.25, -0.2) is 4.98 Å². The molecule has 200 valence electrons. The number of hydrogen-bond donors (Lipinski definition) is 0. The molecule has 2 aromatic heterocycles. The highest BCUT2D eigenvalue weighted by Gasteiger charge is 2.10. The van der Waals surface area contributed by atoms with Crippen LogP contribution in [0.3, 0.4) is 0 Å². The van der Waals surface area contributed by atoms with E-state index < -0.39 is 0 Å². The fraction of sp³-hybridized carbons (Fsp3) is 0.0513. The Bertz CT molecular complexity index is 2090. The first kappa shape index (κ1) is 24.4. The van der Waals surface area contributed by atoms with E-state index in [9.17, 15) is 0 Å². The summed E-state index contributed by atoms with van der Waals surface area (Å²) < 4.78 is 4.55. The molecule has 0 saturated carbocycles. The molecule has 0 spiro atoms. The zero-order chi connectivity index (χ0) is 28.2. The highest BCUT2D eigenvalue weighted by atomic mass is 15.1. The molecule has 0 unspecified atom stereocenters. The average Bonchev–Trinajstić information content (AvgIpc) is 3.55. The number of hydrogen-bond acceptors (Lipinski definition) is 1. The summed E-state index contributed by atoms with van der Waals surface area (Å²) in [6, 6.07) is 50.3. The zero-order valence-electron chi connectivity index (χ0n) is 23.6. The molecule has 0 aliphatic carbocycles. The average molecular weight is 540 g/mol. The molecule has 0 N–H and O–H groups in total. The van der Waals surface area contributed by atoms with Crippen LogP contribution in [0.1, 0.15) is 11.5 Å². The third-order valence-corrected chi connectivity index (χ3v) is 8.38. The first-order chi connectivity index (χ1) is 20.6. The predicted molar refractivity (Wildman–Crippen MR) is 176 cm³/mol. The molecule has 0 bridgehead atoms. The Labute approximate surface area is 244 Å². The van der Waals surface area contributed by atoms with Crippen molar-refractivity contribution in [2.24, 2.45) is 0 Å². The summed E-state index contributed by atoms with van der Waals surface area (Å²) in [6.45, 7) is 4.23. The summed E-state index contributed by atoms with van der Waals surface area (Å²) in [5, 5.41) is 3.75. The van der Waals surface area contributed by atoms with Gasteiger partial charge < -0.3 is 4.57 Å². The van der Waals surface area contributed by atoms with Crippen LogP contribution < -0.4 is 0 Å². The Balaban J connectivity index is 1.11. The molecule has 3 nitrogen and oxygen atoms in total. The molecule has 0 amide bonds. The number of aryl methyl sites for hydroxylation is 2. The van der Waals surface area contributed by atoms with Gasteiger partial charge in [0.1, 0.15) is 5.82 Å². The van der Waals surface area contributed by atoms with Crippen LogP contribution in [0.4, 0.5) is 0 Å². The second-order valence-electron chi connectivity index (χ2n) is 11.0. The molecule has 8 aromatic rings. The molecule has 0 aliphatic heterocycles. The van der Waals surface area contributed by atoms with Gasteiger partial charge in [0.2, 0.25) is 0 Å². The van der Waals surface area contributed by atoms with Gasteiger partial charge in [-0.05, 0) is 108 Å². The standard InChI is InChI=1S/C39H29N3/c1-26-23-33-7-3-5-9-38(33)41(26)35-19-15-28(16-20-35)31-13-11-30-12-14-32(25-34(30)24-31)29-17-21-36(22-18-29)42-27(2)40-37-8-4-6-10-39(37)42/h3-25H,1-2H3. The van der Waals surface area contributed by atoms with E-state index in [1.165, 1.54) is 55.3 Å². The lowest BCUT2D eigenvalue weighted by atomic mass is 9.97. The molecule has 6 aromatic carbocycles. The van der Waals surface area contributed by atoms with E-state index in [2.05, 4.69) is 156 Å². The smallest absolute Gasteiger partial charge is 0.111 e. The summed E-state index contributed by atoms with van der Waals surface area (Å²) in [5.74, 6) is 0.993. The van der Waals surface area contributed by atoms with Crippen LogP contribution in [-0.2, 0) is 0 Å². The van der Waals surface area contributed by atoms with Crippen molar-refractivity contribution in [3.63, 3.8) is 0 Å². The van der Waals surface area contributed by atoms with Gasteiger partial charge in [-0.3, -0.25) is 4.57 Å². The summed E-state index contributed by atoms with van der Waals surface area (Å²) >= 11 is 0. The number of fused-ring (bicyclic) bond motifs is 3. The van der Waals surface area contributed by atoms with Gasteiger partial charge in [-0.2, -0.15) is 0 Å². The largest absolute Gasteiger partial charge is 0.314 e. The molecule has 0 saturated heterocycles. The highest BCUT2D eigenvalue weighted by Crippen LogP contribution is 2.31. The minimum absolute atomic E-state index is 0.993. The van der Waals surface area contributed by atoms with Crippen molar-refractivity contribution in [2.45, 2.75) is 13.8 Å². The Morgan fingerprint density at radius 3 is 1.64 bits per heavy atom. The van der Waals surface area contributed by atoms with E-state index >= 15 is 0 Å². The Kier molecular flexibility index (Phi) is 5.58. The minimum Gasteiger partial charge on any atom is -0.314 e. The topological polar surface area (TPSA) is 22.8 Å². The van der Waals surface area contributed by atoms with E-state index in [1.807, 2.05) is 6.07 Å². The van der Waals surface area contributed by atoms with E-state index in [0.29, 0.717) is 0 Å². The Morgan fingerprint density at radius 2 is 0.976 bits per heavy atom. The number of rotatable bonds is 4. The van der Waals surface area contributed by atoms with Gasteiger partial charge in [0.15, 0.2) is 0 Å². The summed E-state index contributed by atoms with van der Waals surface area (Å²) in [6.07, 6.45) is 0. The second kappa shape index (κ2) is 9.60. The van der Waals surface area contributed by atoms with Crippen molar-refractivity contribution in [3.8, 4) is 33.6 Å². The number of imidazole rings is 1. The molecular formula is C39H29N3. The second-order valence-corrected chi connectivity index (χ2v) is 11.0. The molecule has 2 heterocycles. The quantitative estimate of drug-likeness (QED) is 0.218. The first-order valence-corrected chi connectivity index (χ1v) is 14.4. The van der Waals surface area contributed by atoms with E-state index in [0.717, 1.165) is 22.5 Å². The molecule has 0 radical (unpaired) electrons. The third kappa shape index (κ3) is 4.02. The van der Waals surface area contributed by atoms with Gasteiger partial charge >= 0.3 is 0 Å². The summed E-state index contributed by atoms with van der Waals surface area (Å²) in [5.41, 5.74) is 11.8. The van der Waals surface area contributed by atoms with Crippen molar-refractivity contribution in [1.82, 2.24) is 14.1 Å². The van der Waals surface area contributed by atoms with Gasteiger partial charge in [-0.1, -0.05) is 78.9 Å². The summed E-state index contributed by atoms with van der Waals surface area (Å²) in [4.78, 5) is 4.73. The van der Waals surface area contributed by atoms with Crippen molar-refractivity contribution in [3.05, 3.63) is 151 Å². The van der Waals surface area contributed by atoms with Crippen LogP contribution >= 0.6 is 0 Å². The Morgan fingerprint density at radius 1 is 0.429 bits per heavy atom. The molecule has 42 heavy (non-hydrogen) atoms. The Hall–Kier alpha value is -5.41. The predicted octanol–water partition coefficient (Wildman–Crippen LogP) is 10.1. The third-order valence-electron chi connectivity index (χ3n) is 8.38. The normalized spacial score (nSPS) is 11.6. The van der Waals surface area contributed by atoms with Crippen molar-refractivity contribution in [1.29, 1.82) is 0 Å². The van der Waals surface area contributed by atoms with Crippen LogP contribution in [-0.4, -0.2) is 14.1 Å². The molecule has 0 aliphatic rings. The maximum Gasteiger partial charge on any atom is 0.111 e. The van der Waals surface area contributed by atoms with E-state index in [1.54, 1.807) is 0 Å². The summed E-state index contributed by atoms with van der Waals surface area (Å²) in [7, 11) is 0. The lowest BCUT2D eigenvalue weighted by molar-refractivity contribution is 1.00. The van der Waals surface area contributed by atoms with Crippen LogP contribution in [0.15, 0.2) is 140 Å². The van der Waals surface area contributed by atoms with Gasteiger partial charge in [0.25, 0.3) is 0 Å². The monoisotopic (exact) mass is 539 g/mol. The fourth-order valence-corrected chi connectivity index (χ4v) is 6.32. The maximum atomic E-state index is 4.73. The highest BCUT2D eigenvalue weighted by molar-refractivity contribution is 5.91.